The first kappa shape index (κ1) is 16.7. The minimum absolute atomic E-state index is 0.0286. The summed E-state index contributed by atoms with van der Waals surface area (Å²) in [4.78, 5) is 22.7. The van der Waals surface area contributed by atoms with Crippen LogP contribution in [0.2, 0.25) is 0 Å². The SMILES string of the molecule is Cn1c(=O)n(C[C@H](O)COc2ccccc2[N+](=O)[O-])c2ccccc21. The van der Waals surface area contributed by atoms with Crippen molar-refractivity contribution in [1.29, 1.82) is 0 Å². The molecule has 0 fully saturated rings. The van der Waals surface area contributed by atoms with Crippen LogP contribution >= 0.6 is 0 Å². The molecule has 130 valence electrons. The minimum Gasteiger partial charge on any atom is -0.484 e. The highest BCUT2D eigenvalue weighted by atomic mass is 16.6. The van der Waals surface area contributed by atoms with Gasteiger partial charge in [-0.3, -0.25) is 19.2 Å². The number of aromatic nitrogens is 2. The molecule has 0 amide bonds. The third-order valence-electron chi connectivity index (χ3n) is 3.94. The summed E-state index contributed by atoms with van der Waals surface area (Å²) in [6.07, 6.45) is -0.997. The lowest BCUT2D eigenvalue weighted by molar-refractivity contribution is -0.385. The maximum absolute atomic E-state index is 12.3. The molecule has 0 saturated heterocycles. The van der Waals surface area contributed by atoms with Crippen molar-refractivity contribution >= 4 is 16.7 Å². The zero-order valence-corrected chi connectivity index (χ0v) is 13.5. The van der Waals surface area contributed by atoms with Gasteiger partial charge in [-0.1, -0.05) is 24.3 Å². The van der Waals surface area contributed by atoms with Gasteiger partial charge in [-0.25, -0.2) is 4.79 Å². The summed E-state index contributed by atoms with van der Waals surface area (Å²) < 4.78 is 8.34. The number of rotatable bonds is 6. The van der Waals surface area contributed by atoms with E-state index in [2.05, 4.69) is 0 Å². The van der Waals surface area contributed by atoms with Gasteiger partial charge in [-0.05, 0) is 18.2 Å². The molecule has 0 radical (unpaired) electrons. The molecule has 0 aliphatic carbocycles. The summed E-state index contributed by atoms with van der Waals surface area (Å²) in [5.74, 6) is 0.0804. The lowest BCUT2D eigenvalue weighted by Gasteiger charge is -2.13. The highest BCUT2D eigenvalue weighted by Crippen LogP contribution is 2.25. The first-order valence-corrected chi connectivity index (χ1v) is 7.67. The highest BCUT2D eigenvalue weighted by Gasteiger charge is 2.17. The number of hydrogen-bond acceptors (Lipinski definition) is 5. The van der Waals surface area contributed by atoms with Crippen molar-refractivity contribution in [2.24, 2.45) is 7.05 Å². The molecule has 0 unspecified atom stereocenters. The molecule has 0 aliphatic rings. The lowest BCUT2D eigenvalue weighted by Crippen LogP contribution is -2.30. The predicted molar refractivity (Wildman–Crippen MR) is 91.8 cm³/mol. The number of hydrogen-bond donors (Lipinski definition) is 1. The van der Waals surface area contributed by atoms with Crippen LogP contribution in [0.3, 0.4) is 0 Å². The zero-order chi connectivity index (χ0) is 18.0. The summed E-state index contributed by atoms with van der Waals surface area (Å²) >= 11 is 0. The second-order valence-electron chi connectivity index (χ2n) is 5.63. The van der Waals surface area contributed by atoms with Crippen LogP contribution in [0.15, 0.2) is 53.3 Å². The Morgan fingerprint density at radius 1 is 1.16 bits per heavy atom. The molecule has 25 heavy (non-hydrogen) atoms. The number of aryl methyl sites for hydroxylation is 1. The number of nitro groups is 1. The van der Waals surface area contributed by atoms with Crippen molar-refractivity contribution in [2.45, 2.75) is 12.6 Å². The van der Waals surface area contributed by atoms with Gasteiger partial charge in [0, 0.05) is 13.1 Å². The average molecular weight is 343 g/mol. The Bertz CT molecular complexity index is 976. The van der Waals surface area contributed by atoms with E-state index in [1.807, 2.05) is 18.2 Å². The Morgan fingerprint density at radius 3 is 2.52 bits per heavy atom. The van der Waals surface area contributed by atoms with E-state index in [0.717, 1.165) is 5.52 Å². The summed E-state index contributed by atoms with van der Waals surface area (Å²) in [6, 6.07) is 13.2. The monoisotopic (exact) mass is 343 g/mol. The topological polar surface area (TPSA) is 99.5 Å². The van der Waals surface area contributed by atoms with Crippen molar-refractivity contribution in [3.05, 3.63) is 69.1 Å². The quantitative estimate of drug-likeness (QED) is 0.542. The van der Waals surface area contributed by atoms with E-state index in [4.69, 9.17) is 4.74 Å². The van der Waals surface area contributed by atoms with Crippen molar-refractivity contribution in [2.75, 3.05) is 6.61 Å². The zero-order valence-electron chi connectivity index (χ0n) is 13.5. The van der Waals surface area contributed by atoms with Gasteiger partial charge in [-0.15, -0.1) is 0 Å². The summed E-state index contributed by atoms with van der Waals surface area (Å²) in [5.41, 5.74) is 1.06. The molecule has 8 nitrogen and oxygen atoms in total. The van der Waals surface area contributed by atoms with Crippen LogP contribution in [0.5, 0.6) is 5.75 Å². The fourth-order valence-electron chi connectivity index (χ4n) is 2.72. The van der Waals surface area contributed by atoms with E-state index in [1.165, 1.54) is 27.3 Å². The van der Waals surface area contributed by atoms with Crippen LogP contribution in [-0.4, -0.2) is 31.9 Å². The maximum Gasteiger partial charge on any atom is 0.328 e. The van der Waals surface area contributed by atoms with Gasteiger partial charge >= 0.3 is 11.4 Å². The van der Waals surface area contributed by atoms with E-state index in [0.29, 0.717) is 5.52 Å². The average Bonchev–Trinajstić information content (AvgIpc) is 2.85. The van der Waals surface area contributed by atoms with Gasteiger partial charge in [0.15, 0.2) is 5.75 Å². The van der Waals surface area contributed by atoms with Gasteiger partial charge in [-0.2, -0.15) is 0 Å². The molecule has 0 aliphatic heterocycles. The fraction of sp³-hybridized carbons (Fsp3) is 0.235. The summed E-state index contributed by atoms with van der Waals surface area (Å²) in [5, 5.41) is 21.2. The molecule has 8 heteroatoms. The second-order valence-corrected chi connectivity index (χ2v) is 5.63. The summed E-state index contributed by atoms with van der Waals surface area (Å²) in [7, 11) is 1.66. The molecule has 0 bridgehead atoms. The molecule has 1 heterocycles. The number of aliphatic hydroxyl groups excluding tert-OH is 1. The molecule has 0 saturated carbocycles. The lowest BCUT2D eigenvalue weighted by atomic mass is 10.3. The van der Waals surface area contributed by atoms with Crippen LogP contribution in [0.25, 0.3) is 11.0 Å². The van der Waals surface area contributed by atoms with Gasteiger partial charge in [0.2, 0.25) is 0 Å². The highest BCUT2D eigenvalue weighted by molar-refractivity contribution is 5.75. The van der Waals surface area contributed by atoms with Gasteiger partial charge in [0.05, 0.1) is 22.5 Å². The number of imidazole rings is 1. The Morgan fingerprint density at radius 2 is 1.80 bits per heavy atom. The molecule has 1 atom stereocenters. The third kappa shape index (κ3) is 3.24. The first-order chi connectivity index (χ1) is 12.0. The van der Waals surface area contributed by atoms with E-state index < -0.39 is 11.0 Å². The predicted octanol–water partition coefficient (Wildman–Crippen LogP) is 1.69. The van der Waals surface area contributed by atoms with Crippen molar-refractivity contribution in [3.8, 4) is 5.75 Å². The largest absolute Gasteiger partial charge is 0.484 e. The van der Waals surface area contributed by atoms with Crippen LogP contribution in [-0.2, 0) is 13.6 Å². The molecule has 3 aromatic rings. The molecule has 2 aromatic carbocycles. The summed E-state index contributed by atoms with van der Waals surface area (Å²) in [6.45, 7) is -0.138. The number of nitrogens with zero attached hydrogens (tertiary/aromatic N) is 3. The Kier molecular flexibility index (Phi) is 4.53. The number of ether oxygens (including phenoxy) is 1. The van der Waals surface area contributed by atoms with Gasteiger partial charge in [0.25, 0.3) is 0 Å². The van der Waals surface area contributed by atoms with E-state index in [1.54, 1.807) is 19.2 Å². The van der Waals surface area contributed by atoms with Gasteiger partial charge < -0.3 is 9.84 Å². The Hall–Kier alpha value is -3.13. The number of aliphatic hydroxyl groups is 1. The van der Waals surface area contributed by atoms with Crippen molar-refractivity contribution < 1.29 is 14.8 Å². The third-order valence-corrected chi connectivity index (χ3v) is 3.94. The first-order valence-electron chi connectivity index (χ1n) is 7.67. The number of nitro benzene ring substituents is 1. The number of fused-ring (bicyclic) bond motifs is 1. The van der Waals surface area contributed by atoms with Crippen LogP contribution in [0.4, 0.5) is 5.69 Å². The van der Waals surface area contributed by atoms with E-state index >= 15 is 0 Å². The molecular weight excluding hydrogens is 326 g/mol. The maximum atomic E-state index is 12.3. The number of para-hydroxylation sites is 4. The Balaban J connectivity index is 1.76. The minimum atomic E-state index is -0.997. The molecule has 1 N–H and O–H groups in total. The normalized spacial score (nSPS) is 12.2. The fourth-order valence-corrected chi connectivity index (χ4v) is 2.72. The molecule has 1 aromatic heterocycles. The van der Waals surface area contributed by atoms with Crippen LogP contribution in [0.1, 0.15) is 0 Å². The molecular formula is C17H17N3O5. The van der Waals surface area contributed by atoms with Crippen molar-refractivity contribution in [1.82, 2.24) is 9.13 Å². The van der Waals surface area contributed by atoms with Crippen LogP contribution in [0, 0.1) is 10.1 Å². The molecule has 3 rings (SSSR count). The van der Waals surface area contributed by atoms with Crippen LogP contribution < -0.4 is 10.4 Å². The Labute approximate surface area is 142 Å². The van der Waals surface area contributed by atoms with E-state index in [9.17, 15) is 20.0 Å². The standard InChI is InChI=1S/C17H17N3O5/c1-18-13-6-2-3-7-14(13)19(17(18)22)10-12(21)11-25-16-9-5-4-8-15(16)20(23)24/h2-9,12,21H,10-11H2,1H3/t12-/m0/s1. The van der Waals surface area contributed by atoms with E-state index in [-0.39, 0.29) is 30.3 Å². The van der Waals surface area contributed by atoms with Crippen molar-refractivity contribution in [3.63, 3.8) is 0 Å². The van der Waals surface area contributed by atoms with Gasteiger partial charge in [0.1, 0.15) is 12.7 Å². The smallest absolute Gasteiger partial charge is 0.328 e. The molecule has 0 spiro atoms. The second kappa shape index (κ2) is 6.78. The number of benzene rings is 2.